The van der Waals surface area contributed by atoms with Crippen molar-refractivity contribution in [3.05, 3.63) is 0 Å². The van der Waals surface area contributed by atoms with Gasteiger partial charge in [0, 0.05) is 17.9 Å². The summed E-state index contributed by atoms with van der Waals surface area (Å²) >= 11 is 5.25. The van der Waals surface area contributed by atoms with Gasteiger partial charge in [-0.25, -0.2) is 0 Å². The molecule has 1 amide bonds. The van der Waals surface area contributed by atoms with Crippen molar-refractivity contribution >= 4 is 33.6 Å². The Morgan fingerprint density at radius 3 is 2.71 bits per heavy atom. The highest BCUT2D eigenvalue weighted by Gasteiger charge is 2.32. The second-order valence-corrected chi connectivity index (χ2v) is 6.22. The van der Waals surface area contributed by atoms with E-state index in [-0.39, 0.29) is 16.7 Å². The van der Waals surface area contributed by atoms with Crippen LogP contribution < -0.4 is 0 Å². The molecular weight excluding hydrogens is 262 g/mol. The highest BCUT2D eigenvalue weighted by Crippen LogP contribution is 2.29. The normalized spacial score (nSPS) is 22.4. The quantitative estimate of drug-likeness (QED) is 0.740. The van der Waals surface area contributed by atoms with Crippen molar-refractivity contribution < 1.29 is 4.79 Å². The van der Waals surface area contributed by atoms with Crippen molar-refractivity contribution in [1.82, 2.24) is 4.90 Å². The summed E-state index contributed by atoms with van der Waals surface area (Å²) in [6.45, 7) is 4.17. The van der Waals surface area contributed by atoms with Crippen molar-refractivity contribution in [2.45, 2.75) is 37.5 Å². The Labute approximate surface area is 98.9 Å². The molecule has 1 unspecified atom stereocenters. The summed E-state index contributed by atoms with van der Waals surface area (Å²) in [4.78, 5) is 13.9. The van der Waals surface area contributed by atoms with Crippen LogP contribution in [0.3, 0.4) is 0 Å². The van der Waals surface area contributed by atoms with Gasteiger partial charge in [-0.1, -0.05) is 15.9 Å². The van der Waals surface area contributed by atoms with Gasteiger partial charge in [-0.15, -0.1) is 11.8 Å². The zero-order chi connectivity index (χ0) is 10.8. The van der Waals surface area contributed by atoms with Gasteiger partial charge in [0.25, 0.3) is 0 Å². The van der Waals surface area contributed by atoms with E-state index in [1.165, 1.54) is 6.42 Å². The predicted octanol–water partition coefficient (Wildman–Crippen LogP) is 2.51. The van der Waals surface area contributed by atoms with Gasteiger partial charge in [-0.05, 0) is 32.4 Å². The molecule has 0 spiro atoms. The molecular formula is C10H18BrNOS. The first kappa shape index (κ1) is 12.4. The molecule has 1 aliphatic rings. The van der Waals surface area contributed by atoms with E-state index in [1.807, 2.05) is 11.9 Å². The van der Waals surface area contributed by atoms with Crippen molar-refractivity contribution in [3.63, 3.8) is 0 Å². The Morgan fingerprint density at radius 1 is 1.64 bits per heavy atom. The second kappa shape index (κ2) is 4.88. The van der Waals surface area contributed by atoms with Gasteiger partial charge in [0.15, 0.2) is 0 Å². The minimum Gasteiger partial charge on any atom is -0.339 e. The third-order valence-electron chi connectivity index (χ3n) is 2.77. The van der Waals surface area contributed by atoms with Gasteiger partial charge in [-0.2, -0.15) is 0 Å². The van der Waals surface area contributed by atoms with Crippen LogP contribution >= 0.6 is 27.7 Å². The summed E-state index contributed by atoms with van der Waals surface area (Å²) in [5.74, 6) is 1.43. The maximum absolute atomic E-state index is 12.0. The van der Waals surface area contributed by atoms with Crippen molar-refractivity contribution in [2.24, 2.45) is 0 Å². The molecule has 14 heavy (non-hydrogen) atoms. The molecule has 0 radical (unpaired) electrons. The lowest BCUT2D eigenvalue weighted by Gasteiger charge is -2.35. The van der Waals surface area contributed by atoms with Gasteiger partial charge in [0.05, 0.1) is 5.25 Å². The Balaban J connectivity index is 2.59. The predicted molar refractivity (Wildman–Crippen MR) is 66.1 cm³/mol. The Kier molecular flexibility index (Phi) is 4.31. The van der Waals surface area contributed by atoms with Crippen LogP contribution in [0.4, 0.5) is 0 Å². The lowest BCUT2D eigenvalue weighted by Crippen LogP contribution is -2.49. The lowest BCUT2D eigenvalue weighted by molar-refractivity contribution is -0.133. The second-order valence-electron chi connectivity index (χ2n) is 4.34. The Bertz CT molecular complexity index is 214. The summed E-state index contributed by atoms with van der Waals surface area (Å²) in [5.41, 5.74) is -0.0831. The average molecular weight is 280 g/mol. The van der Waals surface area contributed by atoms with Gasteiger partial charge >= 0.3 is 0 Å². The molecule has 1 heterocycles. The largest absolute Gasteiger partial charge is 0.339 e. The van der Waals surface area contributed by atoms with Crippen LogP contribution in [0.2, 0.25) is 0 Å². The number of nitrogens with zero attached hydrogens (tertiary/aromatic N) is 1. The molecule has 1 rings (SSSR count). The number of amides is 1. The summed E-state index contributed by atoms with van der Waals surface area (Å²) < 4.78 is 0. The number of rotatable bonds is 3. The van der Waals surface area contributed by atoms with Crippen molar-refractivity contribution in [3.8, 4) is 0 Å². The zero-order valence-corrected chi connectivity index (χ0v) is 11.4. The summed E-state index contributed by atoms with van der Waals surface area (Å²) in [7, 11) is 1.91. The fraction of sp³-hybridized carbons (Fsp3) is 0.900. The van der Waals surface area contributed by atoms with Crippen molar-refractivity contribution in [2.75, 3.05) is 18.1 Å². The maximum Gasteiger partial charge on any atom is 0.235 e. The SMILES string of the molecule is CN(C(=O)C1CCCS1)C(C)(C)CBr. The fourth-order valence-corrected chi connectivity index (χ4v) is 3.00. The fourth-order valence-electron chi connectivity index (χ4n) is 1.38. The number of halogens is 1. The number of hydrogen-bond donors (Lipinski definition) is 0. The van der Waals surface area contributed by atoms with Gasteiger partial charge < -0.3 is 4.90 Å². The highest BCUT2D eigenvalue weighted by atomic mass is 79.9. The van der Waals surface area contributed by atoms with Crippen LogP contribution in [0.1, 0.15) is 26.7 Å². The van der Waals surface area contributed by atoms with Gasteiger partial charge in [0.1, 0.15) is 0 Å². The van der Waals surface area contributed by atoms with Gasteiger partial charge in [-0.3, -0.25) is 4.79 Å². The first-order valence-corrected chi connectivity index (χ1v) is 7.11. The molecule has 1 saturated heterocycles. The smallest absolute Gasteiger partial charge is 0.235 e. The van der Waals surface area contributed by atoms with E-state index in [4.69, 9.17) is 0 Å². The molecule has 0 aliphatic carbocycles. The van der Waals surface area contributed by atoms with Crippen LogP contribution in [0.5, 0.6) is 0 Å². The van der Waals surface area contributed by atoms with E-state index >= 15 is 0 Å². The van der Waals surface area contributed by atoms with E-state index in [9.17, 15) is 4.79 Å². The highest BCUT2D eigenvalue weighted by molar-refractivity contribution is 9.09. The molecule has 82 valence electrons. The van der Waals surface area contributed by atoms with E-state index in [0.717, 1.165) is 17.5 Å². The van der Waals surface area contributed by atoms with E-state index in [0.29, 0.717) is 0 Å². The summed E-state index contributed by atoms with van der Waals surface area (Å²) in [6, 6.07) is 0. The minimum atomic E-state index is -0.0831. The Morgan fingerprint density at radius 2 is 2.29 bits per heavy atom. The van der Waals surface area contributed by atoms with E-state index in [2.05, 4.69) is 29.8 Å². The molecule has 0 aromatic carbocycles. The minimum absolute atomic E-state index is 0.0831. The molecule has 0 N–H and O–H groups in total. The maximum atomic E-state index is 12.0. The standard InChI is InChI=1S/C10H18BrNOS/c1-10(2,7-11)12(3)9(13)8-5-4-6-14-8/h8H,4-7H2,1-3H3. The first-order valence-electron chi connectivity index (χ1n) is 4.94. The number of carbonyl (C=O) groups is 1. The first-order chi connectivity index (χ1) is 6.49. The monoisotopic (exact) mass is 279 g/mol. The van der Waals surface area contributed by atoms with Crippen LogP contribution in [0.15, 0.2) is 0 Å². The molecule has 0 saturated carbocycles. The molecule has 0 aromatic rings. The number of hydrogen-bond acceptors (Lipinski definition) is 2. The van der Waals surface area contributed by atoms with E-state index in [1.54, 1.807) is 11.8 Å². The average Bonchev–Trinajstić information content (AvgIpc) is 2.68. The summed E-state index contributed by atoms with van der Waals surface area (Å²) in [5, 5.41) is 1.03. The number of carbonyl (C=O) groups excluding carboxylic acids is 1. The topological polar surface area (TPSA) is 20.3 Å². The van der Waals surface area contributed by atoms with Crippen LogP contribution in [-0.4, -0.2) is 39.7 Å². The zero-order valence-electron chi connectivity index (χ0n) is 9.05. The van der Waals surface area contributed by atoms with Crippen LogP contribution in [0, 0.1) is 0 Å². The molecule has 0 bridgehead atoms. The van der Waals surface area contributed by atoms with Crippen LogP contribution in [-0.2, 0) is 4.79 Å². The number of alkyl halides is 1. The molecule has 2 nitrogen and oxygen atoms in total. The third kappa shape index (κ3) is 2.66. The van der Waals surface area contributed by atoms with Crippen LogP contribution in [0.25, 0.3) is 0 Å². The molecule has 1 atom stereocenters. The summed E-state index contributed by atoms with van der Waals surface area (Å²) in [6.07, 6.45) is 2.23. The lowest BCUT2D eigenvalue weighted by atomic mass is 10.1. The van der Waals surface area contributed by atoms with Gasteiger partial charge in [0.2, 0.25) is 5.91 Å². The molecule has 4 heteroatoms. The number of thioether (sulfide) groups is 1. The molecule has 1 aliphatic heterocycles. The molecule has 1 fully saturated rings. The Hall–Kier alpha value is 0.300. The van der Waals surface area contributed by atoms with E-state index < -0.39 is 0 Å². The van der Waals surface area contributed by atoms with Crippen molar-refractivity contribution in [1.29, 1.82) is 0 Å². The third-order valence-corrected chi connectivity index (χ3v) is 5.51. The molecule has 0 aromatic heterocycles.